The van der Waals surface area contributed by atoms with Crippen LogP contribution in [0.4, 0.5) is 0 Å². The van der Waals surface area contributed by atoms with E-state index in [1.54, 1.807) is 6.92 Å². The minimum Gasteiger partial charge on any atom is -0.464 e. The molecule has 2 rings (SSSR count). The maximum Gasteiger partial charge on any atom is 0.339 e. The maximum absolute atomic E-state index is 11.7. The number of hydrogen-bond acceptors (Lipinski definition) is 5. The first-order valence-electron chi connectivity index (χ1n) is 8.28. The Kier molecular flexibility index (Phi) is 6.57. The van der Waals surface area contributed by atoms with Crippen molar-refractivity contribution in [3.63, 3.8) is 0 Å². The second-order valence-corrected chi connectivity index (χ2v) is 6.27. The predicted molar refractivity (Wildman–Crippen MR) is 87.9 cm³/mol. The van der Waals surface area contributed by atoms with E-state index in [1.807, 2.05) is 18.2 Å². The highest BCUT2D eigenvalue weighted by Crippen LogP contribution is 2.18. The highest BCUT2D eigenvalue weighted by molar-refractivity contribution is 5.79. The van der Waals surface area contributed by atoms with Gasteiger partial charge in [-0.1, -0.05) is 30.3 Å². The molecule has 1 aromatic carbocycles. The molecule has 0 spiro atoms. The monoisotopic (exact) mass is 321 g/mol. The van der Waals surface area contributed by atoms with Crippen molar-refractivity contribution in [3.05, 3.63) is 35.9 Å². The SMILES string of the molecule is CCOC(=O)[C@](C)(O)CN1CCC(OCc2ccccc2)CC1. The minimum atomic E-state index is -1.45. The zero-order valence-corrected chi connectivity index (χ0v) is 14.0. The molecule has 1 atom stereocenters. The molecule has 5 nitrogen and oxygen atoms in total. The van der Waals surface area contributed by atoms with Gasteiger partial charge in [0.25, 0.3) is 0 Å². The first kappa shape index (κ1) is 17.9. The lowest BCUT2D eigenvalue weighted by molar-refractivity contribution is -0.165. The fraction of sp³-hybridized carbons (Fsp3) is 0.611. The van der Waals surface area contributed by atoms with E-state index in [2.05, 4.69) is 17.0 Å². The number of ether oxygens (including phenoxy) is 2. The predicted octanol–water partition coefficient (Wildman–Crippen LogP) is 1.98. The van der Waals surface area contributed by atoms with Gasteiger partial charge in [0.05, 0.1) is 19.3 Å². The van der Waals surface area contributed by atoms with Crippen LogP contribution in [0.3, 0.4) is 0 Å². The average Bonchev–Trinajstić information content (AvgIpc) is 2.55. The molecule has 128 valence electrons. The van der Waals surface area contributed by atoms with Crippen LogP contribution in [0.5, 0.6) is 0 Å². The van der Waals surface area contributed by atoms with Crippen molar-refractivity contribution in [2.45, 2.75) is 45.0 Å². The zero-order valence-electron chi connectivity index (χ0n) is 14.0. The molecular weight excluding hydrogens is 294 g/mol. The number of hydrogen-bond donors (Lipinski definition) is 1. The molecule has 0 aliphatic carbocycles. The molecule has 1 saturated heterocycles. The average molecular weight is 321 g/mol. The number of piperidine rings is 1. The van der Waals surface area contributed by atoms with E-state index in [0.717, 1.165) is 25.9 Å². The molecule has 23 heavy (non-hydrogen) atoms. The van der Waals surface area contributed by atoms with Gasteiger partial charge in [0.1, 0.15) is 0 Å². The van der Waals surface area contributed by atoms with Crippen LogP contribution in [-0.4, -0.2) is 53.9 Å². The van der Waals surface area contributed by atoms with Crippen molar-refractivity contribution in [2.24, 2.45) is 0 Å². The van der Waals surface area contributed by atoms with E-state index in [-0.39, 0.29) is 12.7 Å². The molecule has 0 aromatic heterocycles. The highest BCUT2D eigenvalue weighted by Gasteiger charge is 2.35. The lowest BCUT2D eigenvalue weighted by atomic mass is 10.0. The number of nitrogens with zero attached hydrogens (tertiary/aromatic N) is 1. The number of β-amino-alcohol motifs (C(OH)–C–C–N with tert-alkyl or cyclic N) is 1. The molecule has 1 aliphatic heterocycles. The Morgan fingerprint density at radius 3 is 2.57 bits per heavy atom. The Morgan fingerprint density at radius 1 is 1.30 bits per heavy atom. The van der Waals surface area contributed by atoms with E-state index < -0.39 is 11.6 Å². The van der Waals surface area contributed by atoms with E-state index in [0.29, 0.717) is 13.2 Å². The number of aliphatic hydroxyl groups is 1. The summed E-state index contributed by atoms with van der Waals surface area (Å²) in [5, 5.41) is 10.2. The Hall–Kier alpha value is -1.43. The van der Waals surface area contributed by atoms with Crippen LogP contribution in [0.2, 0.25) is 0 Å². The summed E-state index contributed by atoms with van der Waals surface area (Å²) in [6.45, 7) is 6.10. The maximum atomic E-state index is 11.7. The summed E-state index contributed by atoms with van der Waals surface area (Å²) < 4.78 is 10.9. The normalized spacial score (nSPS) is 19.3. The fourth-order valence-electron chi connectivity index (χ4n) is 2.81. The van der Waals surface area contributed by atoms with Crippen molar-refractivity contribution < 1.29 is 19.4 Å². The molecule has 0 unspecified atom stereocenters. The zero-order chi connectivity index (χ0) is 16.7. The van der Waals surface area contributed by atoms with Crippen LogP contribution in [0.15, 0.2) is 30.3 Å². The van der Waals surface area contributed by atoms with Gasteiger partial charge >= 0.3 is 5.97 Å². The van der Waals surface area contributed by atoms with Gasteiger partial charge < -0.3 is 14.6 Å². The van der Waals surface area contributed by atoms with Gasteiger partial charge in [-0.2, -0.15) is 0 Å². The number of carbonyl (C=O) groups excluding carboxylic acids is 1. The third kappa shape index (κ3) is 5.61. The van der Waals surface area contributed by atoms with Crippen LogP contribution >= 0.6 is 0 Å². The van der Waals surface area contributed by atoms with Gasteiger partial charge in [0, 0.05) is 19.6 Å². The van der Waals surface area contributed by atoms with Gasteiger partial charge in [-0.05, 0) is 32.3 Å². The van der Waals surface area contributed by atoms with Crippen molar-refractivity contribution in [3.8, 4) is 0 Å². The lowest BCUT2D eigenvalue weighted by Gasteiger charge is -2.35. The molecular formula is C18H27NO4. The Balaban J connectivity index is 1.72. The molecule has 0 radical (unpaired) electrons. The van der Waals surface area contributed by atoms with Crippen molar-refractivity contribution >= 4 is 5.97 Å². The summed E-state index contributed by atoms with van der Waals surface area (Å²) in [4.78, 5) is 13.8. The van der Waals surface area contributed by atoms with Gasteiger partial charge in [0.2, 0.25) is 0 Å². The number of rotatable bonds is 7. The molecule has 1 aliphatic rings. The molecule has 0 bridgehead atoms. The Bertz CT molecular complexity index is 481. The molecule has 0 saturated carbocycles. The van der Waals surface area contributed by atoms with Crippen molar-refractivity contribution in [1.29, 1.82) is 0 Å². The fourth-order valence-corrected chi connectivity index (χ4v) is 2.81. The summed E-state index contributed by atoms with van der Waals surface area (Å²) in [6.07, 6.45) is 2.05. The first-order valence-corrected chi connectivity index (χ1v) is 8.28. The number of likely N-dealkylation sites (tertiary alicyclic amines) is 1. The van der Waals surface area contributed by atoms with E-state index in [9.17, 15) is 9.90 Å². The third-order valence-corrected chi connectivity index (χ3v) is 4.11. The topological polar surface area (TPSA) is 59.0 Å². The molecule has 1 aromatic rings. The summed E-state index contributed by atoms with van der Waals surface area (Å²) in [5.41, 5.74) is -0.270. The molecule has 1 fully saturated rings. The van der Waals surface area contributed by atoms with Crippen LogP contribution in [0.1, 0.15) is 32.3 Å². The summed E-state index contributed by atoms with van der Waals surface area (Å²) in [6, 6.07) is 10.1. The highest BCUT2D eigenvalue weighted by atomic mass is 16.5. The van der Waals surface area contributed by atoms with Crippen LogP contribution in [0.25, 0.3) is 0 Å². The Morgan fingerprint density at radius 2 is 1.96 bits per heavy atom. The number of carbonyl (C=O) groups is 1. The van der Waals surface area contributed by atoms with Crippen LogP contribution in [0, 0.1) is 0 Å². The molecule has 0 amide bonds. The minimum absolute atomic E-state index is 0.235. The molecule has 1 heterocycles. The van der Waals surface area contributed by atoms with E-state index >= 15 is 0 Å². The van der Waals surface area contributed by atoms with Crippen LogP contribution in [-0.2, 0) is 20.9 Å². The largest absolute Gasteiger partial charge is 0.464 e. The summed E-state index contributed by atoms with van der Waals surface area (Å²) in [7, 11) is 0. The van der Waals surface area contributed by atoms with E-state index in [4.69, 9.17) is 9.47 Å². The quantitative estimate of drug-likeness (QED) is 0.778. The number of esters is 1. The van der Waals surface area contributed by atoms with Gasteiger partial charge in [-0.3, -0.25) is 4.90 Å². The van der Waals surface area contributed by atoms with Crippen molar-refractivity contribution in [2.75, 3.05) is 26.2 Å². The smallest absolute Gasteiger partial charge is 0.339 e. The second kappa shape index (κ2) is 8.43. The lowest BCUT2D eigenvalue weighted by Crippen LogP contribution is -2.50. The third-order valence-electron chi connectivity index (χ3n) is 4.11. The van der Waals surface area contributed by atoms with Gasteiger partial charge in [0.15, 0.2) is 5.60 Å². The standard InChI is InChI=1S/C18H27NO4/c1-3-22-17(20)18(2,21)14-19-11-9-16(10-12-19)23-13-15-7-5-4-6-8-15/h4-8,16,21H,3,9-14H2,1-2H3/t18-/m1/s1. The molecule has 1 N–H and O–H groups in total. The molecule has 5 heteroatoms. The first-order chi connectivity index (χ1) is 11.0. The second-order valence-electron chi connectivity index (χ2n) is 6.27. The van der Waals surface area contributed by atoms with Gasteiger partial charge in [-0.15, -0.1) is 0 Å². The van der Waals surface area contributed by atoms with Gasteiger partial charge in [-0.25, -0.2) is 4.79 Å². The van der Waals surface area contributed by atoms with Crippen LogP contribution < -0.4 is 0 Å². The summed E-state index contributed by atoms with van der Waals surface area (Å²) >= 11 is 0. The van der Waals surface area contributed by atoms with E-state index in [1.165, 1.54) is 12.5 Å². The Labute approximate surface area is 138 Å². The number of benzene rings is 1. The van der Waals surface area contributed by atoms with Crippen molar-refractivity contribution in [1.82, 2.24) is 4.90 Å². The summed E-state index contributed by atoms with van der Waals surface area (Å²) in [5.74, 6) is -0.553.